The number of hydrazone groups is 1. The van der Waals surface area contributed by atoms with Gasteiger partial charge in [0.1, 0.15) is 0 Å². The molecular weight excluding hydrogens is 465 g/mol. The summed E-state index contributed by atoms with van der Waals surface area (Å²) in [5.74, 6) is -0.0997. The average Bonchev–Trinajstić information content (AvgIpc) is 3.15. The monoisotopic (exact) mass is 488 g/mol. The van der Waals surface area contributed by atoms with E-state index in [9.17, 15) is 18.0 Å². The minimum Gasteiger partial charge on any atom is -0.481 e. The Morgan fingerprint density at radius 1 is 1.23 bits per heavy atom. The molecule has 0 radical (unpaired) electrons. The van der Waals surface area contributed by atoms with E-state index in [1.54, 1.807) is 12.1 Å². The standard InChI is InChI=1S/C20H24BrF3N4O2/c1-13-11-17(29)27(10-6-4-3-5-9-21)26-19(13)14-7-8-18(30-2)28-15(14)12-16(25-28)20(22,23)24/h7-8,12-13H,3-6,9-11H2,1-2H3. The van der Waals surface area contributed by atoms with Crippen molar-refractivity contribution in [2.75, 3.05) is 19.0 Å². The second-order valence-electron chi connectivity index (χ2n) is 7.32. The zero-order chi connectivity index (χ0) is 21.9. The predicted molar refractivity (Wildman–Crippen MR) is 111 cm³/mol. The second kappa shape index (κ2) is 9.36. The van der Waals surface area contributed by atoms with Crippen molar-refractivity contribution >= 4 is 33.1 Å². The van der Waals surface area contributed by atoms with Gasteiger partial charge in [-0.25, -0.2) is 5.01 Å². The molecule has 0 saturated heterocycles. The van der Waals surface area contributed by atoms with Crippen molar-refractivity contribution in [1.29, 1.82) is 0 Å². The highest BCUT2D eigenvalue weighted by molar-refractivity contribution is 9.09. The molecule has 164 valence electrons. The van der Waals surface area contributed by atoms with Crippen LogP contribution in [0.25, 0.3) is 5.52 Å². The number of aromatic nitrogens is 2. The van der Waals surface area contributed by atoms with E-state index >= 15 is 0 Å². The number of carbonyl (C=O) groups excluding carboxylic acids is 1. The third kappa shape index (κ3) is 4.79. The smallest absolute Gasteiger partial charge is 0.435 e. The second-order valence-corrected chi connectivity index (χ2v) is 8.12. The number of unbranched alkanes of at least 4 members (excludes halogenated alkanes) is 3. The predicted octanol–water partition coefficient (Wildman–Crippen LogP) is 4.89. The van der Waals surface area contributed by atoms with Crippen LogP contribution < -0.4 is 4.74 Å². The van der Waals surface area contributed by atoms with Gasteiger partial charge in [0.05, 0.1) is 18.3 Å². The molecule has 30 heavy (non-hydrogen) atoms. The minimum atomic E-state index is -4.58. The van der Waals surface area contributed by atoms with Crippen molar-refractivity contribution in [3.05, 3.63) is 29.5 Å². The maximum atomic E-state index is 13.3. The van der Waals surface area contributed by atoms with Gasteiger partial charge < -0.3 is 4.74 Å². The van der Waals surface area contributed by atoms with Crippen LogP contribution in [0, 0.1) is 5.92 Å². The number of rotatable bonds is 8. The number of fused-ring (bicyclic) bond motifs is 1. The number of nitrogens with zero attached hydrogens (tertiary/aromatic N) is 4. The lowest BCUT2D eigenvalue weighted by atomic mass is 9.93. The molecule has 2 aromatic heterocycles. The maximum absolute atomic E-state index is 13.3. The Bertz CT molecular complexity index is 942. The molecule has 1 aliphatic rings. The lowest BCUT2D eigenvalue weighted by Gasteiger charge is -2.28. The molecule has 1 aliphatic heterocycles. The molecule has 0 fully saturated rings. The van der Waals surface area contributed by atoms with Crippen molar-refractivity contribution in [2.45, 2.75) is 45.2 Å². The van der Waals surface area contributed by atoms with Crippen LogP contribution in [-0.2, 0) is 11.0 Å². The normalized spacial score (nSPS) is 17.5. The number of halogens is 4. The molecule has 3 heterocycles. The highest BCUT2D eigenvalue weighted by Crippen LogP contribution is 2.33. The van der Waals surface area contributed by atoms with Crippen LogP contribution in [-0.4, -0.2) is 45.2 Å². The number of ether oxygens (including phenoxy) is 1. The van der Waals surface area contributed by atoms with E-state index in [4.69, 9.17) is 4.74 Å². The highest BCUT2D eigenvalue weighted by Gasteiger charge is 2.36. The number of alkyl halides is 4. The van der Waals surface area contributed by atoms with Crippen molar-refractivity contribution in [1.82, 2.24) is 14.6 Å². The fourth-order valence-corrected chi connectivity index (χ4v) is 3.91. The van der Waals surface area contributed by atoms with E-state index < -0.39 is 11.9 Å². The summed E-state index contributed by atoms with van der Waals surface area (Å²) in [6.07, 6.45) is -0.363. The summed E-state index contributed by atoms with van der Waals surface area (Å²) >= 11 is 3.40. The quantitative estimate of drug-likeness (QED) is 0.392. The van der Waals surface area contributed by atoms with Gasteiger partial charge in [0, 0.05) is 35.8 Å². The van der Waals surface area contributed by atoms with E-state index in [0.29, 0.717) is 17.8 Å². The first-order valence-electron chi connectivity index (χ1n) is 9.85. The maximum Gasteiger partial charge on any atom is 0.435 e. The first kappa shape index (κ1) is 22.6. The molecule has 0 N–H and O–H groups in total. The van der Waals surface area contributed by atoms with Gasteiger partial charge in [-0.3, -0.25) is 4.79 Å². The molecule has 0 spiro atoms. The van der Waals surface area contributed by atoms with E-state index in [1.807, 2.05) is 6.92 Å². The van der Waals surface area contributed by atoms with Crippen molar-refractivity contribution < 1.29 is 22.7 Å². The van der Waals surface area contributed by atoms with Crippen molar-refractivity contribution in [2.24, 2.45) is 11.0 Å². The number of hydrogen-bond acceptors (Lipinski definition) is 4. The lowest BCUT2D eigenvalue weighted by Crippen LogP contribution is -2.37. The van der Waals surface area contributed by atoms with Crippen LogP contribution in [0.1, 0.15) is 50.3 Å². The van der Waals surface area contributed by atoms with Crippen molar-refractivity contribution in [3.63, 3.8) is 0 Å². The Kier molecular flexibility index (Phi) is 7.05. The highest BCUT2D eigenvalue weighted by atomic mass is 79.9. The molecule has 0 bridgehead atoms. The molecule has 2 aromatic rings. The Labute approximate surface area is 181 Å². The third-order valence-electron chi connectivity index (χ3n) is 5.08. The number of methoxy groups -OCH3 is 1. The van der Waals surface area contributed by atoms with E-state index in [1.165, 1.54) is 12.1 Å². The molecule has 1 unspecified atom stereocenters. The van der Waals surface area contributed by atoms with Gasteiger partial charge in [0.15, 0.2) is 5.69 Å². The van der Waals surface area contributed by atoms with Crippen LogP contribution in [0.3, 0.4) is 0 Å². The molecule has 0 saturated carbocycles. The average molecular weight is 489 g/mol. The van der Waals surface area contributed by atoms with Gasteiger partial charge in [-0.15, -0.1) is 0 Å². The summed E-state index contributed by atoms with van der Waals surface area (Å²) in [6, 6.07) is 4.23. The molecule has 3 rings (SSSR count). The summed E-state index contributed by atoms with van der Waals surface area (Å²) in [4.78, 5) is 12.4. The molecular formula is C20H24BrF3N4O2. The van der Waals surface area contributed by atoms with Crippen LogP contribution in [0.15, 0.2) is 23.3 Å². The van der Waals surface area contributed by atoms with Crippen LogP contribution in [0.4, 0.5) is 13.2 Å². The lowest BCUT2D eigenvalue weighted by molar-refractivity contribution is -0.141. The molecule has 6 nitrogen and oxygen atoms in total. The Morgan fingerprint density at radius 3 is 2.63 bits per heavy atom. The molecule has 0 aliphatic carbocycles. The van der Waals surface area contributed by atoms with Gasteiger partial charge in [-0.2, -0.15) is 27.9 Å². The van der Waals surface area contributed by atoms with Crippen LogP contribution in [0.5, 0.6) is 5.88 Å². The number of carbonyl (C=O) groups is 1. The fraction of sp³-hybridized carbons (Fsp3) is 0.550. The minimum absolute atomic E-state index is 0.0687. The first-order valence-corrected chi connectivity index (χ1v) is 11.0. The van der Waals surface area contributed by atoms with Crippen LogP contribution in [0.2, 0.25) is 0 Å². The number of amides is 1. The number of pyridine rings is 1. The molecule has 10 heteroatoms. The molecule has 0 aromatic carbocycles. The summed E-state index contributed by atoms with van der Waals surface area (Å²) < 4.78 is 46.1. The van der Waals surface area contributed by atoms with E-state index in [-0.39, 0.29) is 29.6 Å². The van der Waals surface area contributed by atoms with Crippen molar-refractivity contribution in [3.8, 4) is 5.88 Å². The SMILES string of the molecule is COc1ccc(C2=NN(CCCCCCBr)C(=O)CC2C)c2cc(C(F)(F)F)nn12. The van der Waals surface area contributed by atoms with Gasteiger partial charge >= 0.3 is 6.18 Å². The van der Waals surface area contributed by atoms with Gasteiger partial charge in [0.2, 0.25) is 11.8 Å². The zero-order valence-corrected chi connectivity index (χ0v) is 18.5. The van der Waals surface area contributed by atoms with Crippen LogP contribution >= 0.6 is 15.9 Å². The fourth-order valence-electron chi connectivity index (χ4n) is 3.51. The molecule has 1 atom stereocenters. The Morgan fingerprint density at radius 2 is 1.97 bits per heavy atom. The third-order valence-corrected chi connectivity index (χ3v) is 5.64. The zero-order valence-electron chi connectivity index (χ0n) is 16.9. The summed E-state index contributed by atoms with van der Waals surface area (Å²) in [5.41, 5.74) is 0.343. The van der Waals surface area contributed by atoms with Gasteiger partial charge in [-0.05, 0) is 25.0 Å². The Hall–Kier alpha value is -2.10. The molecule has 1 amide bonds. The van der Waals surface area contributed by atoms with Gasteiger partial charge in [0.25, 0.3) is 0 Å². The van der Waals surface area contributed by atoms with E-state index in [0.717, 1.165) is 41.6 Å². The number of hydrogen-bond donors (Lipinski definition) is 0. The van der Waals surface area contributed by atoms with Gasteiger partial charge in [-0.1, -0.05) is 35.7 Å². The summed E-state index contributed by atoms with van der Waals surface area (Å²) in [6.45, 7) is 2.35. The largest absolute Gasteiger partial charge is 0.481 e. The first-order chi connectivity index (χ1) is 14.3. The Balaban J connectivity index is 1.96. The summed E-state index contributed by atoms with van der Waals surface area (Å²) in [5, 5.41) is 10.6. The van der Waals surface area contributed by atoms with E-state index in [2.05, 4.69) is 26.1 Å². The summed E-state index contributed by atoms with van der Waals surface area (Å²) in [7, 11) is 1.38. The topological polar surface area (TPSA) is 59.2 Å².